The smallest absolute Gasteiger partial charge is 0.179 e. The van der Waals surface area contributed by atoms with Crippen LogP contribution in [0.4, 0.5) is 5.69 Å². The molecule has 0 unspecified atom stereocenters. The standard InChI is InChI=1S/C9H8ClN3S3/c1-14-8-12-13-9(16-8)15-6-4-2-3-5(10)7(6)11/h2-4H,11H2,1H3. The van der Waals surface area contributed by atoms with E-state index in [1.54, 1.807) is 29.2 Å². The number of para-hydroxylation sites is 1. The van der Waals surface area contributed by atoms with Gasteiger partial charge in [0.1, 0.15) is 0 Å². The Labute approximate surface area is 111 Å². The molecule has 1 aromatic heterocycles. The van der Waals surface area contributed by atoms with Gasteiger partial charge in [-0.1, -0.05) is 52.5 Å². The number of rotatable bonds is 3. The van der Waals surface area contributed by atoms with E-state index in [9.17, 15) is 0 Å². The van der Waals surface area contributed by atoms with E-state index in [2.05, 4.69) is 10.2 Å². The molecule has 0 atom stereocenters. The Hall–Kier alpha value is -0.430. The maximum Gasteiger partial charge on any atom is 0.179 e. The van der Waals surface area contributed by atoms with Crippen LogP contribution < -0.4 is 5.73 Å². The highest BCUT2D eigenvalue weighted by atomic mass is 35.5. The molecule has 1 heterocycles. The van der Waals surface area contributed by atoms with Crippen LogP contribution in [-0.4, -0.2) is 16.5 Å². The van der Waals surface area contributed by atoms with Gasteiger partial charge in [0.15, 0.2) is 8.68 Å². The molecule has 3 nitrogen and oxygen atoms in total. The number of hydrogen-bond donors (Lipinski definition) is 1. The van der Waals surface area contributed by atoms with E-state index < -0.39 is 0 Å². The van der Waals surface area contributed by atoms with Crippen LogP contribution in [0, 0.1) is 0 Å². The first-order valence-electron chi connectivity index (χ1n) is 4.30. The van der Waals surface area contributed by atoms with E-state index in [0.29, 0.717) is 10.7 Å². The molecule has 0 radical (unpaired) electrons. The first kappa shape index (κ1) is 12.0. The molecule has 0 fully saturated rings. The molecule has 7 heteroatoms. The Bertz CT molecular complexity index is 500. The third-order valence-electron chi connectivity index (χ3n) is 1.77. The summed E-state index contributed by atoms with van der Waals surface area (Å²) in [6, 6.07) is 5.57. The van der Waals surface area contributed by atoms with Crippen LogP contribution in [0.3, 0.4) is 0 Å². The zero-order valence-electron chi connectivity index (χ0n) is 8.31. The maximum absolute atomic E-state index is 5.94. The summed E-state index contributed by atoms with van der Waals surface area (Å²) < 4.78 is 1.82. The van der Waals surface area contributed by atoms with E-state index in [0.717, 1.165) is 13.6 Å². The number of aromatic nitrogens is 2. The van der Waals surface area contributed by atoms with Crippen LogP contribution in [0.1, 0.15) is 0 Å². The first-order valence-corrected chi connectivity index (χ1v) is 7.53. The van der Waals surface area contributed by atoms with Crippen molar-refractivity contribution in [1.82, 2.24) is 10.2 Å². The fraction of sp³-hybridized carbons (Fsp3) is 0.111. The summed E-state index contributed by atoms with van der Waals surface area (Å²) in [7, 11) is 0. The van der Waals surface area contributed by atoms with Gasteiger partial charge < -0.3 is 5.73 Å². The molecule has 0 saturated heterocycles. The van der Waals surface area contributed by atoms with Gasteiger partial charge in [-0.25, -0.2) is 0 Å². The highest BCUT2D eigenvalue weighted by molar-refractivity contribution is 8.03. The van der Waals surface area contributed by atoms with Crippen LogP contribution in [-0.2, 0) is 0 Å². The number of nitrogens with zero attached hydrogens (tertiary/aromatic N) is 2. The quantitative estimate of drug-likeness (QED) is 0.690. The predicted octanol–water partition coefficient (Wildman–Crippen LogP) is 3.65. The van der Waals surface area contributed by atoms with Crippen LogP contribution in [0.2, 0.25) is 5.02 Å². The second kappa shape index (κ2) is 5.27. The molecule has 0 aliphatic heterocycles. The van der Waals surface area contributed by atoms with Crippen molar-refractivity contribution < 1.29 is 0 Å². The van der Waals surface area contributed by atoms with Crippen molar-refractivity contribution in [1.29, 1.82) is 0 Å². The lowest BCUT2D eigenvalue weighted by molar-refractivity contribution is 0.956. The third-order valence-corrected chi connectivity index (χ3v) is 5.13. The minimum absolute atomic E-state index is 0.569. The van der Waals surface area contributed by atoms with E-state index in [4.69, 9.17) is 17.3 Å². The minimum atomic E-state index is 0.569. The Balaban J connectivity index is 2.23. The lowest BCUT2D eigenvalue weighted by atomic mass is 10.3. The highest BCUT2D eigenvalue weighted by Gasteiger charge is 2.09. The van der Waals surface area contributed by atoms with Crippen molar-refractivity contribution in [2.75, 3.05) is 12.0 Å². The van der Waals surface area contributed by atoms with E-state index in [-0.39, 0.29) is 0 Å². The predicted molar refractivity (Wildman–Crippen MR) is 71.7 cm³/mol. The number of nitrogen functional groups attached to an aromatic ring is 1. The molecule has 16 heavy (non-hydrogen) atoms. The Morgan fingerprint density at radius 3 is 2.75 bits per heavy atom. The van der Waals surface area contributed by atoms with Gasteiger partial charge in [-0.05, 0) is 18.4 Å². The number of benzene rings is 1. The molecule has 2 rings (SSSR count). The third kappa shape index (κ3) is 2.63. The average Bonchev–Trinajstić information content (AvgIpc) is 2.73. The van der Waals surface area contributed by atoms with Crippen LogP contribution >= 0.6 is 46.5 Å². The number of thioether (sulfide) groups is 1. The molecule has 0 spiro atoms. The molecule has 84 valence electrons. The fourth-order valence-corrected chi connectivity index (χ4v) is 3.72. The van der Waals surface area contributed by atoms with Gasteiger partial charge in [-0.2, -0.15) is 0 Å². The summed E-state index contributed by atoms with van der Waals surface area (Å²) in [4.78, 5) is 0.913. The molecule has 0 aliphatic carbocycles. The Morgan fingerprint density at radius 1 is 1.31 bits per heavy atom. The summed E-state index contributed by atoms with van der Waals surface area (Å²) in [6.45, 7) is 0. The first-order chi connectivity index (χ1) is 7.70. The largest absolute Gasteiger partial charge is 0.397 e. The molecule has 2 N–H and O–H groups in total. The Kier molecular flexibility index (Phi) is 3.96. The molecule has 2 aromatic rings. The van der Waals surface area contributed by atoms with Gasteiger partial charge in [0.05, 0.1) is 10.7 Å². The average molecular weight is 290 g/mol. The van der Waals surface area contributed by atoms with Crippen molar-refractivity contribution in [2.45, 2.75) is 13.6 Å². The monoisotopic (exact) mass is 289 g/mol. The summed E-state index contributed by atoms with van der Waals surface area (Å²) in [6.07, 6.45) is 1.97. The summed E-state index contributed by atoms with van der Waals surface area (Å²) in [5.74, 6) is 0. The SMILES string of the molecule is CSc1nnc(Sc2cccc(Cl)c2N)s1. The Morgan fingerprint density at radius 2 is 2.06 bits per heavy atom. The van der Waals surface area contributed by atoms with E-state index in [1.807, 2.05) is 18.4 Å². The van der Waals surface area contributed by atoms with Gasteiger partial charge in [-0.15, -0.1) is 10.2 Å². The van der Waals surface area contributed by atoms with Gasteiger partial charge >= 0.3 is 0 Å². The van der Waals surface area contributed by atoms with Gasteiger partial charge in [0.25, 0.3) is 0 Å². The second-order valence-electron chi connectivity index (χ2n) is 2.79. The van der Waals surface area contributed by atoms with Crippen molar-refractivity contribution in [3.8, 4) is 0 Å². The lowest BCUT2D eigenvalue weighted by Crippen LogP contribution is -1.88. The molecule has 1 aromatic carbocycles. The van der Waals surface area contributed by atoms with Crippen molar-refractivity contribution in [3.63, 3.8) is 0 Å². The topological polar surface area (TPSA) is 51.8 Å². The number of anilines is 1. The van der Waals surface area contributed by atoms with Gasteiger partial charge in [0, 0.05) is 4.90 Å². The minimum Gasteiger partial charge on any atom is -0.397 e. The zero-order chi connectivity index (χ0) is 11.5. The number of halogens is 1. The molecular weight excluding hydrogens is 282 g/mol. The molecule has 0 amide bonds. The maximum atomic E-state index is 5.94. The molecule has 0 aliphatic rings. The van der Waals surface area contributed by atoms with Gasteiger partial charge in [-0.3, -0.25) is 0 Å². The fourth-order valence-electron chi connectivity index (χ4n) is 1.02. The summed E-state index contributed by atoms with van der Waals surface area (Å²) in [5, 5.41) is 8.65. The van der Waals surface area contributed by atoms with Crippen molar-refractivity contribution in [2.24, 2.45) is 0 Å². The summed E-state index contributed by atoms with van der Waals surface area (Å²) >= 11 is 10.6. The number of hydrogen-bond acceptors (Lipinski definition) is 6. The normalized spacial score (nSPS) is 10.6. The molecule has 0 saturated carbocycles. The van der Waals surface area contributed by atoms with E-state index in [1.165, 1.54) is 11.8 Å². The van der Waals surface area contributed by atoms with Crippen molar-refractivity contribution >= 4 is 52.1 Å². The summed E-state index contributed by atoms with van der Waals surface area (Å²) in [5.41, 5.74) is 6.46. The highest BCUT2D eigenvalue weighted by Crippen LogP contribution is 2.37. The van der Waals surface area contributed by atoms with Gasteiger partial charge in [0.2, 0.25) is 0 Å². The molecule has 0 bridgehead atoms. The van der Waals surface area contributed by atoms with E-state index >= 15 is 0 Å². The second-order valence-corrected chi connectivity index (χ2v) is 6.52. The molecular formula is C9H8ClN3S3. The van der Waals surface area contributed by atoms with Crippen LogP contribution in [0.5, 0.6) is 0 Å². The van der Waals surface area contributed by atoms with Crippen LogP contribution in [0.25, 0.3) is 0 Å². The number of nitrogens with two attached hydrogens (primary N) is 1. The lowest BCUT2D eigenvalue weighted by Gasteiger charge is -2.03. The van der Waals surface area contributed by atoms with Crippen LogP contribution in [0.15, 0.2) is 31.8 Å². The zero-order valence-corrected chi connectivity index (χ0v) is 11.5. The van der Waals surface area contributed by atoms with Crippen molar-refractivity contribution in [3.05, 3.63) is 23.2 Å².